The van der Waals surface area contributed by atoms with Crippen LogP contribution >= 0.6 is 0 Å². The molecule has 3 nitrogen and oxygen atoms in total. The molecule has 0 spiro atoms. The van der Waals surface area contributed by atoms with E-state index in [-0.39, 0.29) is 5.54 Å². The molecular formula is C12H15NO2. The van der Waals surface area contributed by atoms with Gasteiger partial charge in [0.2, 0.25) is 0 Å². The minimum absolute atomic E-state index is 0.315. The van der Waals surface area contributed by atoms with Crippen LogP contribution in [0.15, 0.2) is 18.2 Å². The number of aldehydes is 1. The van der Waals surface area contributed by atoms with E-state index in [0.717, 1.165) is 36.9 Å². The number of hydrogen-bond acceptors (Lipinski definition) is 3. The molecule has 0 aromatic heterocycles. The summed E-state index contributed by atoms with van der Waals surface area (Å²) in [6, 6.07) is 5.44. The van der Waals surface area contributed by atoms with Gasteiger partial charge in [0.15, 0.2) is 0 Å². The normalized spacial score (nSPS) is 18.0. The molecule has 1 aromatic rings. The van der Waals surface area contributed by atoms with Crippen LogP contribution in [-0.4, -0.2) is 13.4 Å². The zero-order chi connectivity index (χ0) is 10.9. The number of carbonyl (C=O) groups excluding carboxylic acids is 1. The molecule has 3 heteroatoms. The first-order chi connectivity index (χ1) is 7.19. The topological polar surface area (TPSA) is 52.3 Å². The van der Waals surface area contributed by atoms with Crippen molar-refractivity contribution in [1.82, 2.24) is 0 Å². The van der Waals surface area contributed by atoms with Gasteiger partial charge in [0.25, 0.3) is 0 Å². The van der Waals surface area contributed by atoms with Crippen LogP contribution in [0.4, 0.5) is 0 Å². The highest BCUT2D eigenvalue weighted by Crippen LogP contribution is 2.40. The third-order valence-electron chi connectivity index (χ3n) is 3.17. The molecule has 0 bridgehead atoms. The van der Waals surface area contributed by atoms with Crippen molar-refractivity contribution in [2.45, 2.75) is 24.8 Å². The van der Waals surface area contributed by atoms with Gasteiger partial charge in [-0.15, -0.1) is 0 Å². The van der Waals surface area contributed by atoms with E-state index >= 15 is 0 Å². The standard InChI is InChI=1S/C12H15NO2/c1-15-10-4-3-9(8-14)11(7-10)12(13)5-2-6-12/h3-4,7-8H,2,5-6,13H2,1H3. The fourth-order valence-electron chi connectivity index (χ4n) is 2.02. The molecule has 1 aliphatic rings. The smallest absolute Gasteiger partial charge is 0.150 e. The first kappa shape index (κ1) is 10.2. The quantitative estimate of drug-likeness (QED) is 0.766. The van der Waals surface area contributed by atoms with Gasteiger partial charge in [-0.05, 0) is 43.0 Å². The number of methoxy groups -OCH3 is 1. The van der Waals surface area contributed by atoms with Crippen molar-refractivity contribution in [1.29, 1.82) is 0 Å². The lowest BCUT2D eigenvalue weighted by molar-refractivity contribution is 0.111. The number of nitrogens with two attached hydrogens (primary N) is 1. The van der Waals surface area contributed by atoms with Crippen molar-refractivity contribution in [2.24, 2.45) is 5.73 Å². The van der Waals surface area contributed by atoms with E-state index in [1.165, 1.54) is 0 Å². The molecule has 0 unspecified atom stereocenters. The second-order valence-corrected chi connectivity index (χ2v) is 4.08. The van der Waals surface area contributed by atoms with Gasteiger partial charge in [-0.3, -0.25) is 4.79 Å². The average molecular weight is 205 g/mol. The van der Waals surface area contributed by atoms with E-state index in [1.807, 2.05) is 6.07 Å². The zero-order valence-corrected chi connectivity index (χ0v) is 8.82. The number of hydrogen-bond donors (Lipinski definition) is 1. The highest BCUT2D eigenvalue weighted by molar-refractivity contribution is 5.78. The Balaban J connectivity index is 2.46. The fraction of sp³-hybridized carbons (Fsp3) is 0.417. The molecule has 0 heterocycles. The maximum Gasteiger partial charge on any atom is 0.150 e. The molecule has 0 radical (unpaired) electrons. The van der Waals surface area contributed by atoms with E-state index in [0.29, 0.717) is 5.56 Å². The van der Waals surface area contributed by atoms with Gasteiger partial charge in [-0.1, -0.05) is 0 Å². The summed E-state index contributed by atoms with van der Waals surface area (Å²) in [4.78, 5) is 10.9. The van der Waals surface area contributed by atoms with Crippen LogP contribution < -0.4 is 10.5 Å². The highest BCUT2D eigenvalue weighted by Gasteiger charge is 2.36. The summed E-state index contributed by atoms with van der Waals surface area (Å²) in [5.41, 5.74) is 7.49. The third-order valence-corrected chi connectivity index (χ3v) is 3.17. The molecule has 0 aliphatic heterocycles. The summed E-state index contributed by atoms with van der Waals surface area (Å²) < 4.78 is 5.15. The third kappa shape index (κ3) is 1.63. The van der Waals surface area contributed by atoms with Crippen molar-refractivity contribution in [2.75, 3.05) is 7.11 Å². The Hall–Kier alpha value is -1.35. The van der Waals surface area contributed by atoms with Gasteiger partial charge in [0, 0.05) is 11.1 Å². The summed E-state index contributed by atoms with van der Waals surface area (Å²) in [7, 11) is 1.61. The molecule has 1 fully saturated rings. The van der Waals surface area contributed by atoms with Crippen LogP contribution in [0.2, 0.25) is 0 Å². The molecule has 0 saturated heterocycles. The summed E-state index contributed by atoms with van der Waals surface area (Å²) in [6.07, 6.45) is 3.88. The second-order valence-electron chi connectivity index (χ2n) is 4.08. The Morgan fingerprint density at radius 3 is 2.67 bits per heavy atom. The van der Waals surface area contributed by atoms with E-state index in [9.17, 15) is 4.79 Å². The molecule has 0 atom stereocenters. The Kier molecular flexibility index (Phi) is 2.49. The van der Waals surface area contributed by atoms with Crippen molar-refractivity contribution in [3.63, 3.8) is 0 Å². The molecule has 1 saturated carbocycles. The summed E-state index contributed by atoms with van der Waals surface area (Å²) in [6.45, 7) is 0. The van der Waals surface area contributed by atoms with Crippen molar-refractivity contribution in [3.05, 3.63) is 29.3 Å². The first-order valence-corrected chi connectivity index (χ1v) is 5.12. The molecule has 2 rings (SSSR count). The van der Waals surface area contributed by atoms with Gasteiger partial charge in [0.05, 0.1) is 7.11 Å². The van der Waals surface area contributed by atoms with Crippen LogP contribution in [-0.2, 0) is 5.54 Å². The maximum atomic E-state index is 10.9. The van der Waals surface area contributed by atoms with Crippen LogP contribution in [0, 0.1) is 0 Å². The van der Waals surface area contributed by atoms with Gasteiger partial charge >= 0.3 is 0 Å². The number of benzene rings is 1. The summed E-state index contributed by atoms with van der Waals surface area (Å²) in [5, 5.41) is 0. The number of ether oxygens (including phenoxy) is 1. The maximum absolute atomic E-state index is 10.9. The van der Waals surface area contributed by atoms with E-state index in [2.05, 4.69) is 0 Å². The molecule has 15 heavy (non-hydrogen) atoms. The predicted octanol–water partition coefficient (Wildman–Crippen LogP) is 1.85. The van der Waals surface area contributed by atoms with E-state index < -0.39 is 0 Å². The summed E-state index contributed by atoms with van der Waals surface area (Å²) >= 11 is 0. The van der Waals surface area contributed by atoms with Crippen LogP contribution in [0.25, 0.3) is 0 Å². The van der Waals surface area contributed by atoms with Gasteiger partial charge in [-0.25, -0.2) is 0 Å². The fourth-order valence-corrected chi connectivity index (χ4v) is 2.02. The molecule has 0 amide bonds. The lowest BCUT2D eigenvalue weighted by Gasteiger charge is -2.39. The Morgan fingerprint density at radius 1 is 1.47 bits per heavy atom. The Morgan fingerprint density at radius 2 is 2.20 bits per heavy atom. The average Bonchev–Trinajstić information content (AvgIpc) is 2.25. The number of carbonyl (C=O) groups is 1. The molecule has 1 aliphatic carbocycles. The largest absolute Gasteiger partial charge is 0.497 e. The van der Waals surface area contributed by atoms with Crippen LogP contribution in [0.5, 0.6) is 5.75 Å². The molecule has 80 valence electrons. The molecular weight excluding hydrogens is 190 g/mol. The van der Waals surface area contributed by atoms with E-state index in [4.69, 9.17) is 10.5 Å². The Labute approximate surface area is 89.2 Å². The van der Waals surface area contributed by atoms with Crippen LogP contribution in [0.1, 0.15) is 35.2 Å². The predicted molar refractivity (Wildman–Crippen MR) is 58.1 cm³/mol. The second kappa shape index (κ2) is 3.66. The lowest BCUT2D eigenvalue weighted by Crippen LogP contribution is -2.44. The SMILES string of the molecule is COc1ccc(C=O)c(C2(N)CCC2)c1. The zero-order valence-electron chi connectivity index (χ0n) is 8.82. The summed E-state index contributed by atoms with van der Waals surface area (Å²) in [5.74, 6) is 0.757. The minimum atomic E-state index is -0.315. The minimum Gasteiger partial charge on any atom is -0.497 e. The van der Waals surface area contributed by atoms with E-state index in [1.54, 1.807) is 19.2 Å². The van der Waals surface area contributed by atoms with Crippen molar-refractivity contribution < 1.29 is 9.53 Å². The molecule has 2 N–H and O–H groups in total. The van der Waals surface area contributed by atoms with Gasteiger partial charge in [-0.2, -0.15) is 0 Å². The van der Waals surface area contributed by atoms with Gasteiger partial charge < -0.3 is 10.5 Å². The monoisotopic (exact) mass is 205 g/mol. The first-order valence-electron chi connectivity index (χ1n) is 5.12. The lowest BCUT2D eigenvalue weighted by atomic mass is 9.71. The Bertz CT molecular complexity index is 383. The number of rotatable bonds is 3. The van der Waals surface area contributed by atoms with Gasteiger partial charge in [0.1, 0.15) is 12.0 Å². The van der Waals surface area contributed by atoms with Crippen molar-refractivity contribution in [3.8, 4) is 5.75 Å². The highest BCUT2D eigenvalue weighted by atomic mass is 16.5. The molecule has 1 aromatic carbocycles. The van der Waals surface area contributed by atoms with Crippen LogP contribution in [0.3, 0.4) is 0 Å². The van der Waals surface area contributed by atoms with Crippen molar-refractivity contribution >= 4 is 6.29 Å².